The molecule has 2 nitrogen and oxygen atoms in total. The molecular weight excluding hydrogens is 188 g/mol. The van der Waals surface area contributed by atoms with Gasteiger partial charge in [0, 0.05) is 0 Å². The first-order valence-electron chi connectivity index (χ1n) is 6.04. The van der Waals surface area contributed by atoms with Crippen molar-refractivity contribution >= 4 is 5.97 Å². The third-order valence-corrected chi connectivity index (χ3v) is 3.30. The van der Waals surface area contributed by atoms with E-state index in [9.17, 15) is 4.79 Å². The molecular formula is C13H26O2. The molecule has 0 radical (unpaired) electrons. The van der Waals surface area contributed by atoms with Crippen LogP contribution in [0.2, 0.25) is 0 Å². The summed E-state index contributed by atoms with van der Waals surface area (Å²) in [6.45, 7) is 12.1. The van der Waals surface area contributed by atoms with E-state index in [0.717, 1.165) is 25.7 Å². The molecule has 0 aliphatic heterocycles. The molecule has 0 amide bonds. The summed E-state index contributed by atoms with van der Waals surface area (Å²) in [7, 11) is 0. The average Bonchev–Trinajstić information content (AvgIpc) is 2.18. The summed E-state index contributed by atoms with van der Waals surface area (Å²) in [6, 6.07) is 0. The van der Waals surface area contributed by atoms with Crippen molar-refractivity contribution in [3.8, 4) is 0 Å². The summed E-state index contributed by atoms with van der Waals surface area (Å²) >= 11 is 0. The van der Waals surface area contributed by atoms with E-state index in [4.69, 9.17) is 4.74 Å². The number of rotatable bonds is 6. The van der Waals surface area contributed by atoms with Crippen molar-refractivity contribution in [3.63, 3.8) is 0 Å². The Morgan fingerprint density at radius 1 is 1.07 bits per heavy atom. The van der Waals surface area contributed by atoms with Gasteiger partial charge in [0.25, 0.3) is 0 Å². The molecule has 1 unspecified atom stereocenters. The SMILES string of the molecule is CCCC(C)(CC)OC(=O)C(C)(C)CC. The maximum Gasteiger partial charge on any atom is 0.312 e. The molecule has 1 atom stereocenters. The predicted octanol–water partition coefficient (Wildman–Crippen LogP) is 3.93. The molecule has 90 valence electrons. The Morgan fingerprint density at radius 2 is 1.60 bits per heavy atom. The van der Waals surface area contributed by atoms with Gasteiger partial charge in [0.05, 0.1) is 5.41 Å². The second-order valence-electron chi connectivity index (χ2n) is 5.18. The predicted molar refractivity (Wildman–Crippen MR) is 63.8 cm³/mol. The van der Waals surface area contributed by atoms with Crippen LogP contribution in [0.25, 0.3) is 0 Å². The van der Waals surface area contributed by atoms with Crippen molar-refractivity contribution in [3.05, 3.63) is 0 Å². The van der Waals surface area contributed by atoms with Crippen LogP contribution in [0, 0.1) is 5.41 Å². The van der Waals surface area contributed by atoms with Gasteiger partial charge in [-0.2, -0.15) is 0 Å². The van der Waals surface area contributed by atoms with Crippen LogP contribution in [-0.2, 0) is 9.53 Å². The number of hydrogen-bond donors (Lipinski definition) is 0. The number of carbonyl (C=O) groups excluding carboxylic acids is 1. The molecule has 0 aromatic heterocycles. The Balaban J connectivity index is 4.49. The fourth-order valence-corrected chi connectivity index (χ4v) is 1.34. The highest BCUT2D eigenvalue weighted by atomic mass is 16.6. The molecule has 0 bridgehead atoms. The number of carbonyl (C=O) groups is 1. The smallest absolute Gasteiger partial charge is 0.312 e. The summed E-state index contributed by atoms with van der Waals surface area (Å²) in [4.78, 5) is 11.9. The van der Waals surface area contributed by atoms with Crippen LogP contribution in [0.1, 0.15) is 67.2 Å². The zero-order chi connectivity index (χ0) is 12.1. The minimum absolute atomic E-state index is 0.0669. The minimum atomic E-state index is -0.357. The van der Waals surface area contributed by atoms with Gasteiger partial charge in [0.1, 0.15) is 5.60 Å². The Labute approximate surface area is 94.4 Å². The molecule has 0 saturated carbocycles. The molecule has 15 heavy (non-hydrogen) atoms. The normalized spacial score (nSPS) is 15.9. The largest absolute Gasteiger partial charge is 0.459 e. The number of ether oxygens (including phenoxy) is 1. The molecule has 0 saturated heterocycles. The van der Waals surface area contributed by atoms with Gasteiger partial charge in [-0.1, -0.05) is 27.2 Å². The Hall–Kier alpha value is -0.530. The topological polar surface area (TPSA) is 26.3 Å². The molecule has 0 N–H and O–H groups in total. The molecule has 0 aliphatic rings. The quantitative estimate of drug-likeness (QED) is 0.626. The van der Waals surface area contributed by atoms with Crippen LogP contribution in [0.15, 0.2) is 0 Å². The van der Waals surface area contributed by atoms with Gasteiger partial charge in [-0.3, -0.25) is 4.79 Å². The van der Waals surface area contributed by atoms with E-state index in [-0.39, 0.29) is 17.0 Å². The second-order valence-corrected chi connectivity index (χ2v) is 5.18. The van der Waals surface area contributed by atoms with Crippen molar-refractivity contribution in [2.24, 2.45) is 5.41 Å². The molecule has 0 aromatic carbocycles. The van der Waals surface area contributed by atoms with Crippen LogP contribution >= 0.6 is 0 Å². The summed E-state index contributed by atoms with van der Waals surface area (Å²) in [5, 5.41) is 0. The Bertz CT molecular complexity index is 209. The van der Waals surface area contributed by atoms with E-state index in [1.165, 1.54) is 0 Å². The first-order chi connectivity index (χ1) is 6.81. The fourth-order valence-electron chi connectivity index (χ4n) is 1.34. The molecule has 2 heteroatoms. The second kappa shape index (κ2) is 5.53. The molecule has 0 fully saturated rings. The van der Waals surface area contributed by atoms with E-state index < -0.39 is 0 Å². The summed E-state index contributed by atoms with van der Waals surface area (Å²) < 4.78 is 5.64. The lowest BCUT2D eigenvalue weighted by atomic mass is 9.89. The zero-order valence-electron chi connectivity index (χ0n) is 11.1. The minimum Gasteiger partial charge on any atom is -0.459 e. The highest BCUT2D eigenvalue weighted by Gasteiger charge is 2.33. The lowest BCUT2D eigenvalue weighted by Gasteiger charge is -2.32. The van der Waals surface area contributed by atoms with E-state index in [1.807, 2.05) is 27.7 Å². The van der Waals surface area contributed by atoms with Crippen LogP contribution in [-0.4, -0.2) is 11.6 Å². The Kier molecular flexibility index (Phi) is 5.33. The van der Waals surface area contributed by atoms with Crippen LogP contribution in [0.3, 0.4) is 0 Å². The maximum atomic E-state index is 11.9. The van der Waals surface area contributed by atoms with Gasteiger partial charge in [0.15, 0.2) is 0 Å². The zero-order valence-corrected chi connectivity index (χ0v) is 11.1. The molecule has 0 aromatic rings. The Morgan fingerprint density at radius 3 is 1.93 bits per heavy atom. The van der Waals surface area contributed by atoms with E-state index in [1.54, 1.807) is 0 Å². The highest BCUT2D eigenvalue weighted by molar-refractivity contribution is 5.76. The van der Waals surface area contributed by atoms with Gasteiger partial charge in [0.2, 0.25) is 0 Å². The van der Waals surface area contributed by atoms with Crippen molar-refractivity contribution in [2.75, 3.05) is 0 Å². The lowest BCUT2D eigenvalue weighted by molar-refractivity contribution is -0.170. The summed E-state index contributed by atoms with van der Waals surface area (Å²) in [5.41, 5.74) is -0.636. The average molecular weight is 214 g/mol. The van der Waals surface area contributed by atoms with Gasteiger partial charge >= 0.3 is 5.97 Å². The third-order valence-electron chi connectivity index (χ3n) is 3.30. The van der Waals surface area contributed by atoms with Crippen molar-refractivity contribution < 1.29 is 9.53 Å². The van der Waals surface area contributed by atoms with Crippen molar-refractivity contribution in [1.29, 1.82) is 0 Å². The first-order valence-corrected chi connectivity index (χ1v) is 6.04. The first kappa shape index (κ1) is 14.5. The molecule has 0 heterocycles. The van der Waals surface area contributed by atoms with E-state index in [2.05, 4.69) is 13.8 Å². The van der Waals surface area contributed by atoms with Crippen LogP contribution in [0.4, 0.5) is 0 Å². The molecule has 0 aliphatic carbocycles. The number of hydrogen-bond acceptors (Lipinski definition) is 2. The van der Waals surface area contributed by atoms with Gasteiger partial charge in [-0.25, -0.2) is 0 Å². The van der Waals surface area contributed by atoms with E-state index in [0.29, 0.717) is 0 Å². The van der Waals surface area contributed by atoms with Gasteiger partial charge in [-0.15, -0.1) is 0 Å². The van der Waals surface area contributed by atoms with Crippen LogP contribution in [0.5, 0.6) is 0 Å². The van der Waals surface area contributed by atoms with Crippen molar-refractivity contribution in [2.45, 2.75) is 72.8 Å². The summed E-state index contributed by atoms with van der Waals surface area (Å²) in [5.74, 6) is -0.0669. The summed E-state index contributed by atoms with van der Waals surface area (Å²) in [6.07, 6.45) is 3.68. The lowest BCUT2D eigenvalue weighted by Crippen LogP contribution is -2.37. The maximum absolute atomic E-state index is 11.9. The van der Waals surface area contributed by atoms with Crippen molar-refractivity contribution in [1.82, 2.24) is 0 Å². The molecule has 0 spiro atoms. The third kappa shape index (κ3) is 4.23. The number of esters is 1. The standard InChI is InChI=1S/C13H26O2/c1-7-10-13(6,9-3)15-11(14)12(4,5)8-2/h7-10H2,1-6H3. The van der Waals surface area contributed by atoms with Crippen LogP contribution < -0.4 is 0 Å². The monoisotopic (exact) mass is 214 g/mol. The van der Waals surface area contributed by atoms with E-state index >= 15 is 0 Å². The fraction of sp³-hybridized carbons (Fsp3) is 0.923. The van der Waals surface area contributed by atoms with Gasteiger partial charge < -0.3 is 4.74 Å². The molecule has 0 rings (SSSR count). The highest BCUT2D eigenvalue weighted by Crippen LogP contribution is 2.28. The van der Waals surface area contributed by atoms with Gasteiger partial charge in [-0.05, 0) is 40.0 Å².